The van der Waals surface area contributed by atoms with E-state index in [1.54, 1.807) is 34.8 Å². The van der Waals surface area contributed by atoms with Crippen molar-refractivity contribution in [3.63, 3.8) is 0 Å². The molecular weight excluding hydrogens is 289 g/mol. The minimum absolute atomic E-state index is 0.00565. The van der Waals surface area contributed by atoms with Gasteiger partial charge in [-0.05, 0) is 13.8 Å². The first-order valence-corrected chi connectivity index (χ1v) is 7.90. The van der Waals surface area contributed by atoms with Gasteiger partial charge < -0.3 is 0 Å². The van der Waals surface area contributed by atoms with Crippen LogP contribution < -0.4 is 0 Å². The SMILES string of the molecule is CC(=O)CC(=O)C(C)C.CC(=O)CC(=O)C(C)C.[B][B][B]CC. The van der Waals surface area contributed by atoms with Crippen molar-refractivity contribution < 1.29 is 19.2 Å². The molecule has 0 aliphatic carbocycles. The molecule has 0 saturated carbocycles. The molecule has 0 heterocycles. The van der Waals surface area contributed by atoms with Gasteiger partial charge in [-0.3, -0.25) is 19.2 Å². The third kappa shape index (κ3) is 26.1. The van der Waals surface area contributed by atoms with E-state index in [1.165, 1.54) is 13.8 Å². The molecule has 0 unspecified atom stereocenters. The van der Waals surface area contributed by atoms with Gasteiger partial charge in [0.15, 0.2) is 0 Å². The molecular formula is C16H29B3O4. The maximum Gasteiger partial charge on any atom is 0.142 e. The Bertz CT molecular complexity index is 332. The summed E-state index contributed by atoms with van der Waals surface area (Å²) in [6.07, 6.45) is 1.23. The van der Waals surface area contributed by atoms with Gasteiger partial charge in [-0.15, -0.1) is 0 Å². The van der Waals surface area contributed by atoms with E-state index < -0.39 is 0 Å². The van der Waals surface area contributed by atoms with Gasteiger partial charge >= 0.3 is 0 Å². The van der Waals surface area contributed by atoms with Crippen molar-refractivity contribution >= 4 is 45.1 Å². The number of carbonyl (C=O) groups is 4. The van der Waals surface area contributed by atoms with Crippen molar-refractivity contribution in [3.05, 3.63) is 0 Å². The van der Waals surface area contributed by atoms with Crippen molar-refractivity contribution in [1.82, 2.24) is 0 Å². The van der Waals surface area contributed by atoms with Crippen LogP contribution in [0.2, 0.25) is 6.32 Å². The largest absolute Gasteiger partial charge is 0.300 e. The van der Waals surface area contributed by atoms with Crippen LogP contribution in [0.15, 0.2) is 0 Å². The van der Waals surface area contributed by atoms with Crippen LogP contribution in [0.3, 0.4) is 0 Å². The average molecular weight is 318 g/mol. The monoisotopic (exact) mass is 318 g/mol. The highest BCUT2D eigenvalue weighted by molar-refractivity contribution is 7.23. The van der Waals surface area contributed by atoms with Crippen molar-refractivity contribution in [2.75, 3.05) is 0 Å². The van der Waals surface area contributed by atoms with Gasteiger partial charge in [0, 0.05) is 26.6 Å². The lowest BCUT2D eigenvalue weighted by molar-refractivity contribution is -0.129. The molecule has 0 aromatic heterocycles. The molecule has 0 aliphatic heterocycles. The van der Waals surface area contributed by atoms with Crippen LogP contribution in [0, 0.1) is 11.8 Å². The molecule has 0 aromatic rings. The maximum absolute atomic E-state index is 10.7. The number of hydrogen-bond donors (Lipinski definition) is 0. The second-order valence-electron chi connectivity index (χ2n) is 5.84. The highest BCUT2D eigenvalue weighted by atomic mass is 16.2. The van der Waals surface area contributed by atoms with Gasteiger partial charge in [0.05, 0.1) is 20.0 Å². The average Bonchev–Trinajstić information content (AvgIpc) is 2.39. The number of Topliss-reactive ketones (excluding diaryl/α,β-unsaturated/α-hetero) is 4. The van der Waals surface area contributed by atoms with E-state index in [9.17, 15) is 19.2 Å². The van der Waals surface area contributed by atoms with Crippen LogP contribution in [0.1, 0.15) is 61.3 Å². The molecule has 0 aliphatic rings. The molecule has 0 saturated heterocycles. The van der Waals surface area contributed by atoms with E-state index in [2.05, 4.69) is 0 Å². The highest BCUT2D eigenvalue weighted by Crippen LogP contribution is 1.98. The summed E-state index contributed by atoms with van der Waals surface area (Å²) in [6.45, 7) is 12.1. The summed E-state index contributed by atoms with van der Waals surface area (Å²) in [5.74, 6) is -0.0461. The Labute approximate surface area is 144 Å². The van der Waals surface area contributed by atoms with E-state index in [0.29, 0.717) is 0 Å². The minimum Gasteiger partial charge on any atom is -0.300 e. The van der Waals surface area contributed by atoms with Gasteiger partial charge in [-0.2, -0.15) is 0 Å². The van der Waals surface area contributed by atoms with E-state index in [0.717, 1.165) is 6.32 Å². The summed E-state index contributed by atoms with van der Waals surface area (Å²) < 4.78 is 0. The quantitative estimate of drug-likeness (QED) is 0.508. The van der Waals surface area contributed by atoms with Gasteiger partial charge in [0.25, 0.3) is 0 Å². The summed E-state index contributed by atoms with van der Waals surface area (Å²) in [5.41, 5.74) is 0. The molecule has 0 aromatic carbocycles. The smallest absolute Gasteiger partial charge is 0.142 e. The van der Waals surface area contributed by atoms with Crippen LogP contribution in [-0.4, -0.2) is 45.1 Å². The Balaban J connectivity index is -0.000000273. The number of ketones is 4. The third-order valence-electron chi connectivity index (χ3n) is 2.51. The van der Waals surface area contributed by atoms with Gasteiger partial charge in [0.2, 0.25) is 0 Å². The normalized spacial score (nSPS) is 9.09. The summed E-state index contributed by atoms with van der Waals surface area (Å²) in [6, 6.07) is 0. The molecule has 0 atom stereocenters. The fraction of sp³-hybridized carbons (Fsp3) is 0.750. The molecule has 0 amide bonds. The van der Waals surface area contributed by atoms with Crippen molar-refractivity contribution in [2.45, 2.75) is 67.6 Å². The fourth-order valence-corrected chi connectivity index (χ4v) is 1.04. The molecule has 0 fully saturated rings. The first-order valence-electron chi connectivity index (χ1n) is 7.90. The molecule has 0 bridgehead atoms. The number of carbonyl (C=O) groups excluding carboxylic acids is 4. The number of hydrogen-bond acceptors (Lipinski definition) is 4. The predicted molar refractivity (Wildman–Crippen MR) is 98.0 cm³/mol. The summed E-state index contributed by atoms with van der Waals surface area (Å²) in [4.78, 5) is 42.1. The highest BCUT2D eigenvalue weighted by Gasteiger charge is 2.09. The molecule has 7 heteroatoms. The summed E-state index contributed by atoms with van der Waals surface area (Å²) >= 11 is 0. The lowest BCUT2D eigenvalue weighted by atomic mass is 9.27. The first-order chi connectivity index (χ1) is 10.5. The zero-order chi connectivity index (χ0) is 19.0. The van der Waals surface area contributed by atoms with Crippen LogP contribution in [-0.2, 0) is 19.2 Å². The summed E-state index contributed by atoms with van der Waals surface area (Å²) in [5, 5.41) is 0. The summed E-state index contributed by atoms with van der Waals surface area (Å²) in [7, 11) is 8.42. The Hall–Kier alpha value is -1.13. The van der Waals surface area contributed by atoms with Gasteiger partial charge in [0.1, 0.15) is 23.1 Å². The lowest BCUT2D eigenvalue weighted by Gasteiger charge is -1.98. The van der Waals surface area contributed by atoms with E-state index in [4.69, 9.17) is 7.74 Å². The zero-order valence-electron chi connectivity index (χ0n) is 15.6. The first kappa shape index (κ1) is 26.8. The minimum atomic E-state index is -0.0475. The van der Waals surface area contributed by atoms with E-state index >= 15 is 0 Å². The number of rotatable bonds is 8. The lowest BCUT2D eigenvalue weighted by Crippen LogP contribution is -2.10. The molecule has 126 valence electrons. The Morgan fingerprint density at radius 1 is 0.826 bits per heavy atom. The van der Waals surface area contributed by atoms with E-state index in [-0.39, 0.29) is 47.8 Å². The van der Waals surface area contributed by atoms with E-state index in [1.807, 2.05) is 14.1 Å². The Morgan fingerprint density at radius 3 is 1.17 bits per heavy atom. The molecule has 0 rings (SSSR count). The molecule has 23 heavy (non-hydrogen) atoms. The second kappa shape index (κ2) is 17.2. The molecule has 4 nitrogen and oxygen atoms in total. The Kier molecular flexibility index (Phi) is 20.0. The van der Waals surface area contributed by atoms with Crippen molar-refractivity contribution in [2.24, 2.45) is 11.8 Å². The maximum atomic E-state index is 10.7. The topological polar surface area (TPSA) is 68.3 Å². The zero-order valence-corrected chi connectivity index (χ0v) is 15.6. The second-order valence-corrected chi connectivity index (χ2v) is 5.84. The van der Waals surface area contributed by atoms with Gasteiger partial charge in [-0.25, -0.2) is 0 Å². The predicted octanol–water partition coefficient (Wildman–Crippen LogP) is 2.21. The van der Waals surface area contributed by atoms with Crippen LogP contribution in [0.4, 0.5) is 0 Å². The van der Waals surface area contributed by atoms with Crippen LogP contribution in [0.5, 0.6) is 0 Å². The van der Waals surface area contributed by atoms with Crippen molar-refractivity contribution in [3.8, 4) is 0 Å². The van der Waals surface area contributed by atoms with Crippen molar-refractivity contribution in [1.29, 1.82) is 0 Å². The molecule has 4 radical (unpaired) electrons. The van der Waals surface area contributed by atoms with Crippen LogP contribution in [0.25, 0.3) is 0 Å². The van der Waals surface area contributed by atoms with Gasteiger partial charge in [-0.1, -0.05) is 40.9 Å². The Morgan fingerprint density at radius 2 is 1.13 bits per heavy atom. The molecule has 0 spiro atoms. The molecule has 0 N–H and O–H groups in total. The van der Waals surface area contributed by atoms with Crippen LogP contribution >= 0.6 is 0 Å². The third-order valence-corrected chi connectivity index (χ3v) is 2.51. The fourth-order valence-electron chi connectivity index (χ4n) is 1.04. The standard InChI is InChI=1S/2C7H12O2.C2H5B3/c2*1-5(2)7(9)4-6(3)8;1-2-4-5-3/h2*5H,4H2,1-3H3;2H2,1H3.